The molecule has 6 heteroatoms. The number of ether oxygens (including phenoxy) is 2. The molecule has 2 heterocycles. The van der Waals surface area contributed by atoms with Crippen molar-refractivity contribution in [2.24, 2.45) is 0 Å². The average Bonchev–Trinajstić information content (AvgIpc) is 2.54. The van der Waals surface area contributed by atoms with Crippen LogP contribution >= 0.6 is 12.4 Å². The van der Waals surface area contributed by atoms with Crippen LogP contribution in [0.2, 0.25) is 0 Å². The molecule has 2 unspecified atom stereocenters. The first-order chi connectivity index (χ1) is 11.4. The van der Waals surface area contributed by atoms with E-state index >= 15 is 0 Å². The Morgan fingerprint density at radius 3 is 2.88 bits per heavy atom. The monoisotopic (exact) mass is 368 g/mol. The van der Waals surface area contributed by atoms with Crippen LogP contribution in [-0.4, -0.2) is 24.2 Å². The zero-order valence-electron chi connectivity index (χ0n) is 15.0. The molecular weight excluding hydrogens is 340 g/mol. The molecule has 0 aliphatic carbocycles. The molecule has 1 fully saturated rings. The molecule has 2 atom stereocenters. The van der Waals surface area contributed by atoms with E-state index in [1.807, 2.05) is 32.0 Å². The fraction of sp³-hybridized carbons (Fsp3) is 0.632. The Kier molecular flexibility index (Phi) is 6.58. The molecule has 2 aliphatic rings. The Morgan fingerprint density at radius 1 is 1.36 bits per heavy atom. The van der Waals surface area contributed by atoms with Gasteiger partial charge in [0.1, 0.15) is 11.4 Å². The van der Waals surface area contributed by atoms with E-state index < -0.39 is 0 Å². The third-order valence-corrected chi connectivity index (χ3v) is 4.79. The number of anilines is 1. The van der Waals surface area contributed by atoms with E-state index in [4.69, 9.17) is 15.2 Å². The van der Waals surface area contributed by atoms with Gasteiger partial charge in [0.05, 0.1) is 12.1 Å². The molecule has 0 spiro atoms. The van der Waals surface area contributed by atoms with Gasteiger partial charge in [-0.25, -0.2) is 0 Å². The Bertz CT molecular complexity index is 600. The summed E-state index contributed by atoms with van der Waals surface area (Å²) < 4.78 is 11.7. The summed E-state index contributed by atoms with van der Waals surface area (Å²) in [4.78, 5) is 12.4. The number of hydrogen-bond acceptors (Lipinski definition) is 4. The van der Waals surface area contributed by atoms with Crippen molar-refractivity contribution in [3.63, 3.8) is 0 Å². The van der Waals surface area contributed by atoms with Gasteiger partial charge in [0.2, 0.25) is 5.91 Å². The summed E-state index contributed by atoms with van der Waals surface area (Å²) >= 11 is 0. The van der Waals surface area contributed by atoms with Gasteiger partial charge in [-0.3, -0.25) is 4.79 Å². The van der Waals surface area contributed by atoms with Gasteiger partial charge in [0, 0.05) is 30.7 Å². The molecule has 0 saturated carbocycles. The molecule has 3 rings (SSSR count). The predicted molar refractivity (Wildman–Crippen MR) is 101 cm³/mol. The van der Waals surface area contributed by atoms with Crippen molar-refractivity contribution in [3.8, 4) is 5.75 Å². The molecule has 0 aromatic heterocycles. The van der Waals surface area contributed by atoms with Gasteiger partial charge in [-0.2, -0.15) is 0 Å². The van der Waals surface area contributed by atoms with Crippen LogP contribution in [0.5, 0.6) is 5.75 Å². The average molecular weight is 369 g/mol. The number of nitrogens with one attached hydrogen (secondary N) is 1. The number of hydrogen-bond donors (Lipinski definition) is 2. The van der Waals surface area contributed by atoms with E-state index in [1.54, 1.807) is 0 Å². The smallest absolute Gasteiger partial charge is 0.220 e. The zero-order chi connectivity index (χ0) is 17.2. The largest absolute Gasteiger partial charge is 0.487 e. The summed E-state index contributed by atoms with van der Waals surface area (Å²) in [6, 6.07) is 5.56. The number of fused-ring (bicyclic) bond motifs is 1. The van der Waals surface area contributed by atoms with E-state index in [9.17, 15) is 4.79 Å². The fourth-order valence-electron chi connectivity index (χ4n) is 3.60. The van der Waals surface area contributed by atoms with Crippen LogP contribution < -0.4 is 15.8 Å². The summed E-state index contributed by atoms with van der Waals surface area (Å²) in [5, 5.41) is 3.17. The van der Waals surface area contributed by atoms with E-state index in [0.717, 1.165) is 43.6 Å². The van der Waals surface area contributed by atoms with Gasteiger partial charge in [-0.05, 0) is 57.7 Å². The third kappa shape index (κ3) is 5.25. The predicted octanol–water partition coefficient (Wildman–Crippen LogP) is 3.76. The third-order valence-electron chi connectivity index (χ3n) is 4.79. The van der Waals surface area contributed by atoms with Gasteiger partial charge < -0.3 is 20.5 Å². The highest BCUT2D eigenvalue weighted by molar-refractivity contribution is 5.85. The van der Waals surface area contributed by atoms with Crippen molar-refractivity contribution in [1.29, 1.82) is 0 Å². The van der Waals surface area contributed by atoms with Crippen molar-refractivity contribution in [2.75, 3.05) is 12.3 Å². The van der Waals surface area contributed by atoms with Crippen LogP contribution in [0.25, 0.3) is 0 Å². The Hall–Kier alpha value is -1.46. The molecule has 1 aromatic carbocycles. The quantitative estimate of drug-likeness (QED) is 0.793. The minimum Gasteiger partial charge on any atom is -0.487 e. The summed E-state index contributed by atoms with van der Waals surface area (Å²) in [5.74, 6) is 0.876. The number of nitrogens with two attached hydrogens (primary N) is 1. The Balaban J connectivity index is 0.00000225. The SMILES string of the molecule is CC1(C)CC(NC(=O)CCC2CCCCO2)c2cc(N)ccc2O1.Cl. The number of carbonyl (C=O) groups excluding carboxylic acids is 1. The summed E-state index contributed by atoms with van der Waals surface area (Å²) in [6.07, 6.45) is 5.66. The molecule has 1 aromatic rings. The van der Waals surface area contributed by atoms with Crippen molar-refractivity contribution in [3.05, 3.63) is 23.8 Å². The lowest BCUT2D eigenvalue weighted by molar-refractivity contribution is -0.123. The molecule has 2 aliphatic heterocycles. The first-order valence-corrected chi connectivity index (χ1v) is 8.92. The lowest BCUT2D eigenvalue weighted by atomic mass is 9.89. The lowest BCUT2D eigenvalue weighted by Gasteiger charge is -2.38. The van der Waals surface area contributed by atoms with Crippen LogP contribution in [0.4, 0.5) is 5.69 Å². The van der Waals surface area contributed by atoms with Crippen LogP contribution in [0.15, 0.2) is 18.2 Å². The lowest BCUT2D eigenvalue weighted by Crippen LogP contribution is -2.41. The Labute approximate surface area is 156 Å². The fourth-order valence-corrected chi connectivity index (χ4v) is 3.60. The van der Waals surface area contributed by atoms with Crippen molar-refractivity contribution in [2.45, 2.75) is 70.1 Å². The van der Waals surface area contributed by atoms with Gasteiger partial charge in [-0.15, -0.1) is 12.4 Å². The molecule has 0 radical (unpaired) electrons. The molecule has 1 saturated heterocycles. The van der Waals surface area contributed by atoms with Crippen LogP contribution in [0, 0.1) is 0 Å². The first-order valence-electron chi connectivity index (χ1n) is 8.92. The molecular formula is C19H29ClN2O3. The standard InChI is InChI=1S/C19H28N2O3.ClH/c1-19(2)12-16(15-11-13(20)6-8-17(15)24-19)21-18(22)9-7-14-5-3-4-10-23-14;/h6,8,11,14,16H,3-5,7,9-10,12,20H2,1-2H3,(H,21,22);1H. The number of amides is 1. The molecule has 0 bridgehead atoms. The molecule has 5 nitrogen and oxygen atoms in total. The summed E-state index contributed by atoms with van der Waals surface area (Å²) in [7, 11) is 0. The van der Waals surface area contributed by atoms with E-state index in [1.165, 1.54) is 6.42 Å². The summed E-state index contributed by atoms with van der Waals surface area (Å²) in [6.45, 7) is 4.91. The highest BCUT2D eigenvalue weighted by Crippen LogP contribution is 2.40. The Morgan fingerprint density at radius 2 is 2.16 bits per heavy atom. The second kappa shape index (κ2) is 8.28. The summed E-state index contributed by atoms with van der Waals surface area (Å²) in [5.41, 5.74) is 7.26. The maximum Gasteiger partial charge on any atom is 0.220 e. The normalized spacial score (nSPS) is 24.4. The maximum absolute atomic E-state index is 12.4. The van der Waals surface area contributed by atoms with Crippen LogP contribution in [-0.2, 0) is 9.53 Å². The van der Waals surface area contributed by atoms with E-state index in [-0.39, 0.29) is 36.1 Å². The molecule has 3 N–H and O–H groups in total. The van der Waals surface area contributed by atoms with Gasteiger partial charge in [0.15, 0.2) is 0 Å². The van der Waals surface area contributed by atoms with E-state index in [2.05, 4.69) is 5.32 Å². The molecule has 1 amide bonds. The molecule has 25 heavy (non-hydrogen) atoms. The minimum atomic E-state index is -0.312. The van der Waals surface area contributed by atoms with Gasteiger partial charge in [-0.1, -0.05) is 0 Å². The van der Waals surface area contributed by atoms with Crippen molar-refractivity contribution in [1.82, 2.24) is 5.32 Å². The maximum atomic E-state index is 12.4. The molecule has 140 valence electrons. The highest BCUT2D eigenvalue weighted by atomic mass is 35.5. The number of nitrogen functional groups attached to an aromatic ring is 1. The topological polar surface area (TPSA) is 73.6 Å². The number of benzene rings is 1. The second-order valence-electron chi connectivity index (χ2n) is 7.51. The van der Waals surface area contributed by atoms with Crippen LogP contribution in [0.1, 0.15) is 64.0 Å². The van der Waals surface area contributed by atoms with Crippen molar-refractivity contribution < 1.29 is 14.3 Å². The first kappa shape index (κ1) is 19.9. The zero-order valence-corrected chi connectivity index (χ0v) is 15.9. The number of rotatable bonds is 4. The highest BCUT2D eigenvalue weighted by Gasteiger charge is 2.34. The van der Waals surface area contributed by atoms with Gasteiger partial charge >= 0.3 is 0 Å². The number of carbonyl (C=O) groups is 1. The van der Waals surface area contributed by atoms with E-state index in [0.29, 0.717) is 12.1 Å². The van der Waals surface area contributed by atoms with Crippen molar-refractivity contribution >= 4 is 24.0 Å². The minimum absolute atomic E-state index is 0. The van der Waals surface area contributed by atoms with Gasteiger partial charge in [0.25, 0.3) is 0 Å². The number of halogens is 1. The second-order valence-corrected chi connectivity index (χ2v) is 7.51. The van der Waals surface area contributed by atoms with Crippen LogP contribution in [0.3, 0.4) is 0 Å².